The highest BCUT2D eigenvalue weighted by atomic mass is 32.1. The summed E-state index contributed by atoms with van der Waals surface area (Å²) in [5.41, 5.74) is -1.30. The van der Waals surface area contributed by atoms with Gasteiger partial charge < -0.3 is 9.88 Å². The number of carbonyl (C=O) groups excluding carboxylic acids is 1. The Morgan fingerprint density at radius 3 is 2.74 bits per heavy atom. The van der Waals surface area contributed by atoms with Gasteiger partial charge in [0.2, 0.25) is 5.91 Å². The van der Waals surface area contributed by atoms with E-state index < -0.39 is 23.8 Å². The molecule has 2 heterocycles. The Balaban J connectivity index is 2.07. The summed E-state index contributed by atoms with van der Waals surface area (Å²) >= 11 is 0.846. The maximum atomic E-state index is 12.6. The number of pyridine rings is 1. The lowest BCUT2D eigenvalue weighted by molar-refractivity contribution is -0.140. The molecule has 0 aromatic carbocycles. The minimum atomic E-state index is -4.51. The zero-order valence-electron chi connectivity index (χ0n) is 12.1. The number of hydrogen-bond acceptors (Lipinski definition) is 4. The van der Waals surface area contributed by atoms with Crippen LogP contribution in [0.25, 0.3) is 0 Å². The minimum Gasteiger partial charge on any atom is -0.345 e. The molecule has 1 atom stereocenters. The Hall–Kier alpha value is -2.16. The maximum Gasteiger partial charge on any atom is 0.434 e. The molecule has 0 aliphatic rings. The molecule has 2 aromatic heterocycles. The van der Waals surface area contributed by atoms with Crippen LogP contribution in [0.5, 0.6) is 0 Å². The zero-order chi connectivity index (χ0) is 17.0. The summed E-state index contributed by atoms with van der Waals surface area (Å²) in [6.45, 7) is 1.53. The summed E-state index contributed by atoms with van der Waals surface area (Å²) < 4.78 is 39.0. The second-order valence-electron chi connectivity index (χ2n) is 4.76. The Kier molecular flexibility index (Phi) is 5.19. The highest BCUT2D eigenvalue weighted by molar-refractivity contribution is 7.09. The number of nitrogens with zero attached hydrogens (tertiary/aromatic N) is 2. The van der Waals surface area contributed by atoms with Gasteiger partial charge in [-0.25, -0.2) is 4.98 Å². The molecule has 124 valence electrons. The van der Waals surface area contributed by atoms with Crippen molar-refractivity contribution < 1.29 is 18.0 Å². The van der Waals surface area contributed by atoms with Gasteiger partial charge in [0.25, 0.3) is 5.56 Å². The Bertz CT molecular complexity index is 739. The summed E-state index contributed by atoms with van der Waals surface area (Å²) in [4.78, 5) is 27.1. The first-order valence-electron chi connectivity index (χ1n) is 6.78. The fourth-order valence-corrected chi connectivity index (χ4v) is 2.86. The van der Waals surface area contributed by atoms with Crippen LogP contribution in [0, 0.1) is 0 Å². The summed E-state index contributed by atoms with van der Waals surface area (Å²) in [6.07, 6.45) is -2.65. The number of nitrogens with one attached hydrogen (secondary N) is 1. The second kappa shape index (κ2) is 6.95. The van der Waals surface area contributed by atoms with E-state index in [1.807, 2.05) is 0 Å². The molecule has 1 unspecified atom stereocenters. The van der Waals surface area contributed by atoms with Crippen LogP contribution in [0.2, 0.25) is 0 Å². The average molecular weight is 345 g/mol. The van der Waals surface area contributed by atoms with Crippen LogP contribution < -0.4 is 10.9 Å². The molecule has 0 fully saturated rings. The third-order valence-electron chi connectivity index (χ3n) is 3.07. The minimum absolute atomic E-state index is 0.189. The molecule has 2 rings (SSSR count). The first-order chi connectivity index (χ1) is 10.8. The van der Waals surface area contributed by atoms with Crippen molar-refractivity contribution in [3.05, 3.63) is 50.8 Å². The normalized spacial score (nSPS) is 12.9. The summed E-state index contributed by atoms with van der Waals surface area (Å²) in [5, 5.41) is 3.72. The Labute approximate surface area is 133 Å². The molecule has 0 saturated carbocycles. The van der Waals surface area contributed by atoms with E-state index in [9.17, 15) is 22.8 Å². The lowest BCUT2D eigenvalue weighted by atomic mass is 10.2. The van der Waals surface area contributed by atoms with E-state index in [0.717, 1.165) is 16.7 Å². The van der Waals surface area contributed by atoms with Crippen LogP contribution in [-0.2, 0) is 17.5 Å². The topological polar surface area (TPSA) is 64.0 Å². The van der Waals surface area contributed by atoms with Gasteiger partial charge in [0.1, 0.15) is 11.6 Å². The van der Waals surface area contributed by atoms with Crippen molar-refractivity contribution in [1.29, 1.82) is 0 Å². The monoisotopic (exact) mass is 345 g/mol. The number of halogens is 3. The predicted molar refractivity (Wildman–Crippen MR) is 79.0 cm³/mol. The molecule has 2 aromatic rings. The van der Waals surface area contributed by atoms with E-state index in [-0.39, 0.29) is 17.1 Å². The lowest BCUT2D eigenvalue weighted by Crippen LogP contribution is -2.34. The second-order valence-corrected chi connectivity index (χ2v) is 5.65. The van der Waals surface area contributed by atoms with Crippen molar-refractivity contribution in [3.63, 3.8) is 0 Å². The fraction of sp³-hybridized carbons (Fsp3) is 0.357. The fourth-order valence-electron chi connectivity index (χ4n) is 1.90. The van der Waals surface area contributed by atoms with Crippen LogP contribution in [0.1, 0.15) is 30.1 Å². The van der Waals surface area contributed by atoms with Crippen molar-refractivity contribution >= 4 is 17.2 Å². The predicted octanol–water partition coefficient (Wildman–Crippen LogP) is 2.59. The molecule has 1 N–H and O–H groups in total. The molecule has 1 amide bonds. The van der Waals surface area contributed by atoms with Crippen LogP contribution in [-0.4, -0.2) is 15.5 Å². The standard InChI is InChI=1S/C14H14F3N3O2S/c1-2-9(13-19-10(8-23-13)14(15,16)17)18-11(21)7-20-6-4-3-5-12(20)22/h3-6,8-9H,2,7H2,1H3,(H,18,21). The van der Waals surface area contributed by atoms with Crippen molar-refractivity contribution in [3.8, 4) is 0 Å². The molecular weight excluding hydrogens is 331 g/mol. The van der Waals surface area contributed by atoms with Crippen LogP contribution in [0.4, 0.5) is 13.2 Å². The first-order valence-corrected chi connectivity index (χ1v) is 7.66. The smallest absolute Gasteiger partial charge is 0.345 e. The van der Waals surface area contributed by atoms with Crippen LogP contribution in [0.3, 0.4) is 0 Å². The van der Waals surface area contributed by atoms with E-state index in [2.05, 4.69) is 10.3 Å². The van der Waals surface area contributed by atoms with E-state index in [1.54, 1.807) is 19.1 Å². The van der Waals surface area contributed by atoms with Crippen LogP contribution >= 0.6 is 11.3 Å². The zero-order valence-corrected chi connectivity index (χ0v) is 12.9. The number of carbonyl (C=O) groups is 1. The number of rotatable bonds is 5. The van der Waals surface area contributed by atoms with Gasteiger partial charge in [0.05, 0.1) is 6.04 Å². The van der Waals surface area contributed by atoms with Gasteiger partial charge in [-0.15, -0.1) is 11.3 Å². The van der Waals surface area contributed by atoms with E-state index in [4.69, 9.17) is 0 Å². The summed E-state index contributed by atoms with van der Waals surface area (Å²) in [7, 11) is 0. The molecule has 0 bridgehead atoms. The van der Waals surface area contributed by atoms with Gasteiger partial charge in [-0.05, 0) is 12.5 Å². The van der Waals surface area contributed by atoms with Gasteiger partial charge in [-0.3, -0.25) is 9.59 Å². The highest BCUT2D eigenvalue weighted by Gasteiger charge is 2.34. The Morgan fingerprint density at radius 1 is 1.43 bits per heavy atom. The molecule has 5 nitrogen and oxygen atoms in total. The average Bonchev–Trinajstić information content (AvgIpc) is 2.97. The van der Waals surface area contributed by atoms with Crippen molar-refractivity contribution in [2.45, 2.75) is 32.1 Å². The number of hydrogen-bond donors (Lipinski definition) is 1. The Morgan fingerprint density at radius 2 is 2.17 bits per heavy atom. The van der Waals surface area contributed by atoms with Gasteiger partial charge in [-0.1, -0.05) is 13.0 Å². The molecule has 0 aliphatic heterocycles. The molecule has 0 saturated heterocycles. The first kappa shape index (κ1) is 17.2. The SMILES string of the molecule is CCC(NC(=O)Cn1ccccc1=O)c1nc(C(F)(F)F)cs1. The number of thiazole rings is 1. The molecule has 23 heavy (non-hydrogen) atoms. The molecular formula is C14H14F3N3O2S. The van der Waals surface area contributed by atoms with Gasteiger partial charge in [-0.2, -0.15) is 13.2 Å². The van der Waals surface area contributed by atoms with Crippen molar-refractivity contribution in [2.75, 3.05) is 0 Å². The van der Waals surface area contributed by atoms with Gasteiger partial charge >= 0.3 is 6.18 Å². The van der Waals surface area contributed by atoms with Crippen LogP contribution in [0.15, 0.2) is 34.6 Å². The van der Waals surface area contributed by atoms with Gasteiger partial charge in [0.15, 0.2) is 5.69 Å². The largest absolute Gasteiger partial charge is 0.434 e. The van der Waals surface area contributed by atoms with Crippen molar-refractivity contribution in [1.82, 2.24) is 14.9 Å². The third-order valence-corrected chi connectivity index (χ3v) is 4.03. The van der Waals surface area contributed by atoms with E-state index >= 15 is 0 Å². The highest BCUT2D eigenvalue weighted by Crippen LogP contribution is 2.32. The van der Waals surface area contributed by atoms with Gasteiger partial charge in [0, 0.05) is 17.6 Å². The number of alkyl halides is 3. The quantitative estimate of drug-likeness (QED) is 0.906. The molecule has 0 aliphatic carbocycles. The lowest BCUT2D eigenvalue weighted by Gasteiger charge is -2.15. The maximum absolute atomic E-state index is 12.6. The molecule has 9 heteroatoms. The van der Waals surface area contributed by atoms with Crippen molar-refractivity contribution in [2.24, 2.45) is 0 Å². The number of aromatic nitrogens is 2. The third kappa shape index (κ3) is 4.41. The molecule has 0 spiro atoms. The van der Waals surface area contributed by atoms with E-state index in [0.29, 0.717) is 6.42 Å². The van der Waals surface area contributed by atoms with E-state index in [1.165, 1.54) is 16.8 Å². The summed E-state index contributed by atoms with van der Waals surface area (Å²) in [6, 6.07) is 3.87. The molecule has 0 radical (unpaired) electrons. The number of amides is 1. The summed E-state index contributed by atoms with van der Waals surface area (Å²) in [5.74, 6) is -0.464.